The Kier molecular flexibility index (Phi) is 4.11. The number of carboxylic acids is 1. The molecule has 0 unspecified atom stereocenters. The molecular weight excluding hydrogens is 237 g/mol. The van der Waals surface area contributed by atoms with Gasteiger partial charge in [0.25, 0.3) is 0 Å². The van der Waals surface area contributed by atoms with E-state index in [0.717, 1.165) is 6.07 Å². The van der Waals surface area contributed by atoms with Gasteiger partial charge >= 0.3 is 12.1 Å². The van der Waals surface area contributed by atoms with Crippen molar-refractivity contribution in [1.82, 2.24) is 0 Å². The van der Waals surface area contributed by atoms with Gasteiger partial charge in [-0.3, -0.25) is 0 Å². The highest BCUT2D eigenvalue weighted by molar-refractivity contribution is 5.71. The summed E-state index contributed by atoms with van der Waals surface area (Å²) >= 11 is 0. The lowest BCUT2D eigenvalue weighted by Crippen LogP contribution is -2.20. The molecule has 0 heterocycles. The standard InChI is InChI=1S/C11H11F3O3/c12-11(13,14)8-4-2-1-3-7(8)5-6-9(15)10(16)17/h1-4,9,15H,5-6H2,(H,16,17)/t9-/m0/s1. The third kappa shape index (κ3) is 3.74. The van der Waals surface area contributed by atoms with Crippen LogP contribution in [0, 0.1) is 0 Å². The number of aliphatic hydroxyl groups is 1. The first kappa shape index (κ1) is 13.5. The van der Waals surface area contributed by atoms with E-state index in [2.05, 4.69) is 0 Å². The predicted octanol–water partition coefficient (Wildman–Crippen LogP) is 2.08. The highest BCUT2D eigenvalue weighted by atomic mass is 19.4. The van der Waals surface area contributed by atoms with E-state index >= 15 is 0 Å². The summed E-state index contributed by atoms with van der Waals surface area (Å²) in [5.74, 6) is -1.44. The maximum atomic E-state index is 12.6. The van der Waals surface area contributed by atoms with Crippen LogP contribution in [0.25, 0.3) is 0 Å². The molecule has 0 aromatic heterocycles. The maximum absolute atomic E-state index is 12.6. The Morgan fingerprint density at radius 3 is 2.41 bits per heavy atom. The fraction of sp³-hybridized carbons (Fsp3) is 0.364. The van der Waals surface area contributed by atoms with Crippen LogP contribution in [0.4, 0.5) is 13.2 Å². The molecular formula is C11H11F3O3. The summed E-state index contributed by atoms with van der Waals surface area (Å²) in [7, 11) is 0. The Bertz CT molecular complexity index is 401. The molecule has 0 aliphatic heterocycles. The summed E-state index contributed by atoms with van der Waals surface area (Å²) in [6, 6.07) is 4.91. The quantitative estimate of drug-likeness (QED) is 0.857. The maximum Gasteiger partial charge on any atom is 0.416 e. The summed E-state index contributed by atoms with van der Waals surface area (Å²) in [6.07, 6.45) is -6.49. The number of benzene rings is 1. The van der Waals surface area contributed by atoms with E-state index in [1.54, 1.807) is 0 Å². The molecule has 94 valence electrons. The van der Waals surface area contributed by atoms with E-state index < -0.39 is 23.8 Å². The number of alkyl halides is 3. The molecule has 0 saturated heterocycles. The number of aliphatic hydroxyl groups excluding tert-OH is 1. The number of carboxylic acid groups (broad SMARTS) is 1. The minimum atomic E-state index is -4.47. The molecule has 0 fully saturated rings. The number of rotatable bonds is 4. The molecule has 3 nitrogen and oxygen atoms in total. The first-order chi connectivity index (χ1) is 7.82. The number of carbonyl (C=O) groups is 1. The van der Waals surface area contributed by atoms with Crippen molar-refractivity contribution < 1.29 is 28.2 Å². The monoisotopic (exact) mass is 248 g/mol. The minimum absolute atomic E-state index is 0.0136. The molecule has 0 aliphatic carbocycles. The molecule has 1 aromatic rings. The van der Waals surface area contributed by atoms with Gasteiger partial charge in [-0.2, -0.15) is 13.2 Å². The Labute approximate surface area is 95.5 Å². The molecule has 1 aromatic carbocycles. The molecule has 0 spiro atoms. The fourth-order valence-corrected chi connectivity index (χ4v) is 1.43. The van der Waals surface area contributed by atoms with Crippen LogP contribution >= 0.6 is 0 Å². The van der Waals surface area contributed by atoms with Crippen molar-refractivity contribution in [3.05, 3.63) is 35.4 Å². The van der Waals surface area contributed by atoms with Gasteiger partial charge in [0.2, 0.25) is 0 Å². The van der Waals surface area contributed by atoms with E-state index in [-0.39, 0.29) is 18.4 Å². The Balaban J connectivity index is 2.81. The van der Waals surface area contributed by atoms with Crippen molar-refractivity contribution in [2.45, 2.75) is 25.1 Å². The number of aryl methyl sites for hydroxylation is 1. The second-order valence-electron chi connectivity index (χ2n) is 3.55. The average Bonchev–Trinajstić information content (AvgIpc) is 2.24. The molecule has 2 N–H and O–H groups in total. The topological polar surface area (TPSA) is 57.5 Å². The number of hydrogen-bond acceptors (Lipinski definition) is 2. The van der Waals surface area contributed by atoms with Crippen molar-refractivity contribution >= 4 is 5.97 Å². The van der Waals surface area contributed by atoms with Gasteiger partial charge in [-0.15, -0.1) is 0 Å². The summed E-state index contributed by atoms with van der Waals surface area (Å²) in [6.45, 7) is 0. The van der Waals surface area contributed by atoms with Gasteiger partial charge in [-0.1, -0.05) is 18.2 Å². The molecule has 0 saturated carbocycles. The SMILES string of the molecule is O=C(O)[C@@H](O)CCc1ccccc1C(F)(F)F. The molecule has 0 aliphatic rings. The summed E-state index contributed by atoms with van der Waals surface area (Å²) in [5, 5.41) is 17.4. The van der Waals surface area contributed by atoms with Gasteiger partial charge in [-0.25, -0.2) is 4.79 Å². The second-order valence-corrected chi connectivity index (χ2v) is 3.55. The van der Waals surface area contributed by atoms with E-state index in [1.165, 1.54) is 18.2 Å². The van der Waals surface area contributed by atoms with Gasteiger partial charge in [-0.05, 0) is 24.5 Å². The Hall–Kier alpha value is -1.56. The van der Waals surface area contributed by atoms with Crippen molar-refractivity contribution in [1.29, 1.82) is 0 Å². The van der Waals surface area contributed by atoms with Crippen LogP contribution in [-0.4, -0.2) is 22.3 Å². The zero-order valence-corrected chi connectivity index (χ0v) is 8.74. The van der Waals surface area contributed by atoms with Crippen LogP contribution in [0.1, 0.15) is 17.5 Å². The first-order valence-corrected chi connectivity index (χ1v) is 4.88. The van der Waals surface area contributed by atoms with Crippen LogP contribution in [0.3, 0.4) is 0 Å². The average molecular weight is 248 g/mol. The molecule has 0 radical (unpaired) electrons. The smallest absolute Gasteiger partial charge is 0.416 e. The zero-order chi connectivity index (χ0) is 13.1. The highest BCUT2D eigenvalue weighted by Crippen LogP contribution is 2.32. The summed E-state index contributed by atoms with van der Waals surface area (Å²) < 4.78 is 37.7. The molecule has 17 heavy (non-hydrogen) atoms. The molecule has 1 rings (SSSR count). The largest absolute Gasteiger partial charge is 0.479 e. The van der Waals surface area contributed by atoms with Crippen LogP contribution in [0.5, 0.6) is 0 Å². The van der Waals surface area contributed by atoms with E-state index in [0.29, 0.717) is 0 Å². The Morgan fingerprint density at radius 1 is 1.29 bits per heavy atom. The normalized spacial score (nSPS) is 13.4. The summed E-state index contributed by atoms with van der Waals surface area (Å²) in [4.78, 5) is 10.3. The Morgan fingerprint density at radius 2 is 1.88 bits per heavy atom. The van der Waals surface area contributed by atoms with Crippen molar-refractivity contribution in [2.75, 3.05) is 0 Å². The van der Waals surface area contributed by atoms with Crippen LogP contribution in [0.15, 0.2) is 24.3 Å². The van der Waals surface area contributed by atoms with Crippen molar-refractivity contribution in [2.24, 2.45) is 0 Å². The van der Waals surface area contributed by atoms with Crippen molar-refractivity contribution in [3.63, 3.8) is 0 Å². The predicted molar refractivity (Wildman–Crippen MR) is 53.4 cm³/mol. The van der Waals surface area contributed by atoms with Gasteiger partial charge in [0.05, 0.1) is 5.56 Å². The fourth-order valence-electron chi connectivity index (χ4n) is 1.43. The van der Waals surface area contributed by atoms with Gasteiger partial charge in [0.15, 0.2) is 6.10 Å². The number of hydrogen-bond donors (Lipinski definition) is 2. The van der Waals surface area contributed by atoms with Gasteiger partial charge in [0.1, 0.15) is 0 Å². The third-order valence-corrected chi connectivity index (χ3v) is 2.29. The van der Waals surface area contributed by atoms with Crippen LogP contribution < -0.4 is 0 Å². The highest BCUT2D eigenvalue weighted by Gasteiger charge is 2.32. The summed E-state index contributed by atoms with van der Waals surface area (Å²) in [5.41, 5.74) is -0.808. The molecule has 1 atom stereocenters. The number of aliphatic carboxylic acids is 1. The lowest BCUT2D eigenvalue weighted by atomic mass is 10.0. The lowest BCUT2D eigenvalue weighted by Gasteiger charge is -2.13. The van der Waals surface area contributed by atoms with Crippen LogP contribution in [-0.2, 0) is 17.4 Å². The second kappa shape index (κ2) is 5.18. The van der Waals surface area contributed by atoms with Crippen LogP contribution in [0.2, 0.25) is 0 Å². The molecule has 6 heteroatoms. The van der Waals surface area contributed by atoms with Gasteiger partial charge in [0, 0.05) is 0 Å². The molecule has 0 amide bonds. The van der Waals surface area contributed by atoms with Crippen molar-refractivity contribution in [3.8, 4) is 0 Å². The lowest BCUT2D eigenvalue weighted by molar-refractivity contribution is -0.146. The van der Waals surface area contributed by atoms with E-state index in [1.807, 2.05) is 0 Å². The minimum Gasteiger partial charge on any atom is -0.479 e. The molecule has 0 bridgehead atoms. The first-order valence-electron chi connectivity index (χ1n) is 4.88. The third-order valence-electron chi connectivity index (χ3n) is 2.29. The van der Waals surface area contributed by atoms with Gasteiger partial charge < -0.3 is 10.2 Å². The number of halogens is 3. The van der Waals surface area contributed by atoms with E-state index in [9.17, 15) is 18.0 Å². The zero-order valence-electron chi connectivity index (χ0n) is 8.74. The van der Waals surface area contributed by atoms with E-state index in [4.69, 9.17) is 10.2 Å².